The Morgan fingerprint density at radius 1 is 0.652 bits per heavy atom. The minimum atomic E-state index is -1.97. The van der Waals surface area contributed by atoms with Crippen LogP contribution in [0.15, 0.2) is 30.3 Å². The molecule has 0 atom stereocenters. The van der Waals surface area contributed by atoms with Crippen molar-refractivity contribution in [2.45, 2.75) is 78.6 Å². The Morgan fingerprint density at radius 3 is 1.39 bits per heavy atom. The summed E-state index contributed by atoms with van der Waals surface area (Å²) in [5.74, 6) is 0. The van der Waals surface area contributed by atoms with Crippen LogP contribution in [0.25, 0.3) is 0 Å². The number of hydrogen-bond donors (Lipinski definition) is 0. The van der Waals surface area contributed by atoms with Crippen LogP contribution in [0.1, 0.15) is 78.6 Å². The summed E-state index contributed by atoms with van der Waals surface area (Å²) in [7, 11) is 0. The normalized spacial score (nSPS) is 13.7. The molecule has 0 heterocycles. The van der Waals surface area contributed by atoms with E-state index in [4.69, 9.17) is 0 Å². The third kappa shape index (κ3) is 6.50. The maximum absolute atomic E-state index is 4.52. The van der Waals surface area contributed by atoms with Crippen LogP contribution in [0.2, 0.25) is 0 Å². The number of unbranched alkanes of at least 4 members (excludes halogenated alkanes) is 6. The van der Waals surface area contributed by atoms with Crippen molar-refractivity contribution in [2.75, 3.05) is 18.5 Å². The SMILES string of the molecule is CCCCCP(Br)(CCCCC)(CCCCC)c1ccccc1. The third-order valence-electron chi connectivity index (χ3n) is 5.22. The molecule has 0 radical (unpaired) electrons. The van der Waals surface area contributed by atoms with Gasteiger partial charge in [0, 0.05) is 0 Å². The summed E-state index contributed by atoms with van der Waals surface area (Å²) in [5, 5.41) is -0.325. The Labute approximate surface area is 153 Å². The number of halogens is 1. The molecule has 23 heavy (non-hydrogen) atoms. The second-order valence-corrected chi connectivity index (χ2v) is 17.8. The van der Waals surface area contributed by atoms with E-state index in [1.165, 1.54) is 76.3 Å². The van der Waals surface area contributed by atoms with Crippen molar-refractivity contribution in [2.24, 2.45) is 0 Å². The van der Waals surface area contributed by atoms with Gasteiger partial charge in [0.1, 0.15) is 0 Å². The summed E-state index contributed by atoms with van der Waals surface area (Å²) in [6, 6.07) is 11.5. The molecule has 2 heteroatoms. The summed E-state index contributed by atoms with van der Waals surface area (Å²) in [6.07, 6.45) is 16.4. The molecule has 134 valence electrons. The average molecular weight is 401 g/mol. The Kier molecular flexibility index (Phi) is 10.0. The molecular weight excluding hydrogens is 363 g/mol. The molecule has 0 aliphatic rings. The van der Waals surface area contributed by atoms with E-state index in [1.54, 1.807) is 5.30 Å². The zero-order valence-electron chi connectivity index (χ0n) is 15.7. The molecule has 0 unspecified atom stereocenters. The summed E-state index contributed by atoms with van der Waals surface area (Å²) in [4.78, 5) is 0. The zero-order chi connectivity index (χ0) is 17.0. The molecule has 0 fully saturated rings. The van der Waals surface area contributed by atoms with Crippen LogP contribution < -0.4 is 5.30 Å². The molecule has 0 nitrogen and oxygen atoms in total. The Balaban J connectivity index is 3.08. The molecule has 0 N–H and O–H groups in total. The van der Waals surface area contributed by atoms with Gasteiger partial charge in [-0.3, -0.25) is 0 Å². The van der Waals surface area contributed by atoms with Gasteiger partial charge in [-0.15, -0.1) is 0 Å². The second kappa shape index (κ2) is 10.9. The standard InChI is InChI=1S/C21H38BrP/c1-4-7-13-18-23(22,19-14-8-5-2,20-15-9-6-3)21-16-11-10-12-17-21/h10-12,16-17H,4-9,13-15,18-20H2,1-3H3. The van der Waals surface area contributed by atoms with E-state index in [9.17, 15) is 0 Å². The number of benzene rings is 1. The van der Waals surface area contributed by atoms with E-state index >= 15 is 0 Å². The first kappa shape index (κ1) is 21.2. The van der Waals surface area contributed by atoms with Crippen molar-refractivity contribution in [1.82, 2.24) is 0 Å². The van der Waals surface area contributed by atoms with Gasteiger partial charge in [-0.05, 0) is 0 Å². The van der Waals surface area contributed by atoms with Crippen molar-refractivity contribution >= 4 is 26.1 Å². The third-order valence-corrected chi connectivity index (χ3v) is 15.3. The van der Waals surface area contributed by atoms with Gasteiger partial charge in [0.05, 0.1) is 0 Å². The molecule has 0 saturated carbocycles. The van der Waals surface area contributed by atoms with E-state index in [2.05, 4.69) is 66.6 Å². The topological polar surface area (TPSA) is 0 Å². The fraction of sp³-hybridized carbons (Fsp3) is 0.714. The van der Waals surface area contributed by atoms with Crippen molar-refractivity contribution in [3.05, 3.63) is 30.3 Å². The predicted octanol–water partition coefficient (Wildman–Crippen LogP) is 7.75. The van der Waals surface area contributed by atoms with E-state index in [-0.39, 0.29) is 0 Å². The van der Waals surface area contributed by atoms with E-state index in [1.807, 2.05) is 0 Å². The molecule has 0 bridgehead atoms. The molecule has 1 aromatic carbocycles. The molecule has 1 rings (SSSR count). The first-order chi connectivity index (χ1) is 11.1. The van der Waals surface area contributed by atoms with Gasteiger partial charge < -0.3 is 0 Å². The van der Waals surface area contributed by atoms with Gasteiger partial charge >= 0.3 is 153 Å². The quantitative estimate of drug-likeness (QED) is 0.234. The minimum absolute atomic E-state index is 1.32. The first-order valence-corrected chi connectivity index (χ1v) is 14.7. The molecule has 0 saturated heterocycles. The molecular formula is C21H38BrP. The number of hydrogen-bond acceptors (Lipinski definition) is 0. The van der Waals surface area contributed by atoms with Gasteiger partial charge in [0.2, 0.25) is 0 Å². The maximum atomic E-state index is 4.52. The fourth-order valence-corrected chi connectivity index (χ4v) is 11.9. The van der Waals surface area contributed by atoms with Gasteiger partial charge in [-0.2, -0.15) is 0 Å². The molecule has 0 spiro atoms. The van der Waals surface area contributed by atoms with E-state index < -0.39 is 5.31 Å². The van der Waals surface area contributed by atoms with Crippen LogP contribution in [0.3, 0.4) is 0 Å². The fourth-order valence-electron chi connectivity index (χ4n) is 3.70. The Morgan fingerprint density at radius 2 is 1.04 bits per heavy atom. The van der Waals surface area contributed by atoms with Crippen LogP contribution in [-0.2, 0) is 0 Å². The van der Waals surface area contributed by atoms with Gasteiger partial charge in [0.15, 0.2) is 0 Å². The van der Waals surface area contributed by atoms with Gasteiger partial charge in [-0.1, -0.05) is 0 Å². The van der Waals surface area contributed by atoms with Crippen LogP contribution in [0.4, 0.5) is 0 Å². The van der Waals surface area contributed by atoms with Crippen LogP contribution in [-0.4, -0.2) is 18.5 Å². The monoisotopic (exact) mass is 400 g/mol. The van der Waals surface area contributed by atoms with Crippen LogP contribution in [0.5, 0.6) is 0 Å². The van der Waals surface area contributed by atoms with Crippen molar-refractivity contribution in [3.8, 4) is 0 Å². The molecule has 1 aromatic rings. The zero-order valence-corrected chi connectivity index (χ0v) is 18.2. The molecule has 0 aliphatic heterocycles. The first-order valence-electron chi connectivity index (χ1n) is 9.87. The summed E-state index contributed by atoms with van der Waals surface area (Å²) < 4.78 is 0. The molecule has 0 amide bonds. The van der Waals surface area contributed by atoms with Crippen molar-refractivity contribution < 1.29 is 0 Å². The Hall–Kier alpha value is 0.130. The van der Waals surface area contributed by atoms with Crippen LogP contribution in [0, 0.1) is 0 Å². The summed E-state index contributed by atoms with van der Waals surface area (Å²) in [5.41, 5.74) is 0. The summed E-state index contributed by atoms with van der Waals surface area (Å²) >= 11 is 4.52. The van der Waals surface area contributed by atoms with Gasteiger partial charge in [0.25, 0.3) is 0 Å². The Bertz CT molecular complexity index is 386. The molecule has 0 aliphatic carbocycles. The van der Waals surface area contributed by atoms with Crippen molar-refractivity contribution in [3.63, 3.8) is 0 Å². The average Bonchev–Trinajstić information content (AvgIpc) is 2.57. The van der Waals surface area contributed by atoms with Crippen molar-refractivity contribution in [1.29, 1.82) is 0 Å². The molecule has 0 aromatic heterocycles. The van der Waals surface area contributed by atoms with Crippen LogP contribution >= 0.6 is 20.8 Å². The summed E-state index contributed by atoms with van der Waals surface area (Å²) in [6.45, 7) is 6.96. The van der Waals surface area contributed by atoms with E-state index in [0.29, 0.717) is 0 Å². The van der Waals surface area contributed by atoms with Gasteiger partial charge in [-0.25, -0.2) is 0 Å². The number of rotatable bonds is 13. The van der Waals surface area contributed by atoms with E-state index in [0.717, 1.165) is 0 Å². The predicted molar refractivity (Wildman–Crippen MR) is 115 cm³/mol. The second-order valence-electron chi connectivity index (χ2n) is 7.22.